The number of carbonyl (C=O) groups excluding carboxylic acids is 2. The first kappa shape index (κ1) is 14.5. The molecule has 0 aliphatic heterocycles. The topological polar surface area (TPSA) is 52.6 Å². The molecule has 0 spiro atoms. The molecule has 1 heterocycles. The van der Waals surface area contributed by atoms with Gasteiger partial charge in [-0.25, -0.2) is 9.59 Å². The summed E-state index contributed by atoms with van der Waals surface area (Å²) < 4.78 is 11.0. The van der Waals surface area contributed by atoms with E-state index in [9.17, 15) is 9.59 Å². The molecule has 0 fully saturated rings. The maximum absolute atomic E-state index is 12.1. The number of esters is 2. The number of hydrogen-bond donors (Lipinski definition) is 0. The van der Waals surface area contributed by atoms with Crippen molar-refractivity contribution in [2.75, 3.05) is 13.2 Å². The average Bonchev–Trinajstić information content (AvgIpc) is 2.80. The van der Waals surface area contributed by atoms with Crippen molar-refractivity contribution in [3.8, 4) is 0 Å². The Balaban J connectivity index is 2.66. The molecule has 2 aromatic rings. The van der Waals surface area contributed by atoms with E-state index in [0.29, 0.717) is 10.4 Å². The third-order valence-corrected chi connectivity index (χ3v) is 4.17. The predicted octanol–water partition coefficient (Wildman–Crippen LogP) is 3.56. The van der Waals surface area contributed by atoms with Gasteiger partial charge in [-0.15, -0.1) is 11.3 Å². The molecule has 5 heteroatoms. The maximum atomic E-state index is 12.1. The van der Waals surface area contributed by atoms with Crippen LogP contribution < -0.4 is 0 Å². The highest BCUT2D eigenvalue weighted by Crippen LogP contribution is 2.34. The molecule has 1 aromatic heterocycles. The van der Waals surface area contributed by atoms with Gasteiger partial charge in [0.25, 0.3) is 0 Å². The SMILES string of the molecule is CCOC(=O)c1sc2c(C)cccc2c1C(=O)OCC. The molecule has 0 saturated heterocycles. The first-order chi connectivity index (χ1) is 9.60. The molecule has 106 valence electrons. The minimum absolute atomic E-state index is 0.268. The summed E-state index contributed by atoms with van der Waals surface area (Å²) in [7, 11) is 0. The molecule has 2 rings (SSSR count). The Labute approximate surface area is 121 Å². The molecule has 0 bridgehead atoms. The number of fused-ring (bicyclic) bond motifs is 1. The minimum atomic E-state index is -0.479. The number of benzene rings is 1. The second-order valence-corrected chi connectivity index (χ2v) is 5.22. The standard InChI is InChI=1S/C15H16O4S/c1-4-18-14(16)11-10-8-6-7-9(3)12(10)20-13(11)15(17)19-5-2/h6-8H,4-5H2,1-3H3. The van der Waals surface area contributed by atoms with E-state index in [1.165, 1.54) is 11.3 Å². The van der Waals surface area contributed by atoms with Crippen LogP contribution in [0.1, 0.15) is 39.4 Å². The van der Waals surface area contributed by atoms with Gasteiger partial charge in [0, 0.05) is 10.1 Å². The number of hydrogen-bond acceptors (Lipinski definition) is 5. The highest BCUT2D eigenvalue weighted by Gasteiger charge is 2.26. The summed E-state index contributed by atoms with van der Waals surface area (Å²) in [6.07, 6.45) is 0. The van der Waals surface area contributed by atoms with Crippen molar-refractivity contribution in [1.82, 2.24) is 0 Å². The molecular weight excluding hydrogens is 276 g/mol. The van der Waals surface area contributed by atoms with Gasteiger partial charge in [-0.2, -0.15) is 0 Å². The maximum Gasteiger partial charge on any atom is 0.349 e. The highest BCUT2D eigenvalue weighted by atomic mass is 32.1. The van der Waals surface area contributed by atoms with Gasteiger partial charge in [-0.05, 0) is 26.3 Å². The van der Waals surface area contributed by atoms with E-state index in [4.69, 9.17) is 9.47 Å². The summed E-state index contributed by atoms with van der Waals surface area (Å²) in [6, 6.07) is 5.64. The van der Waals surface area contributed by atoms with Crippen LogP contribution in [0.25, 0.3) is 10.1 Å². The van der Waals surface area contributed by atoms with Crippen LogP contribution in [0.15, 0.2) is 18.2 Å². The molecule has 0 atom stereocenters. The van der Waals surface area contributed by atoms with Crippen molar-refractivity contribution in [2.45, 2.75) is 20.8 Å². The van der Waals surface area contributed by atoms with Gasteiger partial charge in [0.2, 0.25) is 0 Å². The lowest BCUT2D eigenvalue weighted by molar-refractivity contribution is 0.0485. The summed E-state index contributed by atoms with van der Waals surface area (Å²) in [5.74, 6) is -0.955. The van der Waals surface area contributed by atoms with E-state index in [1.807, 2.05) is 25.1 Å². The smallest absolute Gasteiger partial charge is 0.349 e. The first-order valence-corrected chi connectivity index (χ1v) is 7.28. The monoisotopic (exact) mass is 292 g/mol. The van der Waals surface area contributed by atoms with Crippen molar-refractivity contribution >= 4 is 33.4 Å². The van der Waals surface area contributed by atoms with Crippen LogP contribution in [0.4, 0.5) is 0 Å². The summed E-state index contributed by atoms with van der Waals surface area (Å²) in [5, 5.41) is 0.747. The second kappa shape index (κ2) is 6.05. The predicted molar refractivity (Wildman–Crippen MR) is 78.5 cm³/mol. The average molecular weight is 292 g/mol. The lowest BCUT2D eigenvalue weighted by atomic mass is 10.1. The molecule has 0 aliphatic rings. The first-order valence-electron chi connectivity index (χ1n) is 6.46. The highest BCUT2D eigenvalue weighted by molar-refractivity contribution is 7.21. The third-order valence-electron chi connectivity index (χ3n) is 2.85. The van der Waals surface area contributed by atoms with Crippen LogP contribution >= 0.6 is 11.3 Å². The quantitative estimate of drug-likeness (QED) is 0.808. The van der Waals surface area contributed by atoms with Crippen LogP contribution in [0.2, 0.25) is 0 Å². The normalized spacial score (nSPS) is 10.6. The van der Waals surface area contributed by atoms with E-state index in [0.717, 1.165) is 15.6 Å². The van der Waals surface area contributed by atoms with E-state index in [2.05, 4.69) is 0 Å². The summed E-state index contributed by atoms with van der Waals surface area (Å²) in [4.78, 5) is 24.5. The van der Waals surface area contributed by atoms with Crippen LogP contribution in [0.5, 0.6) is 0 Å². The van der Waals surface area contributed by atoms with E-state index < -0.39 is 11.9 Å². The van der Waals surface area contributed by atoms with Crippen molar-refractivity contribution < 1.29 is 19.1 Å². The fourth-order valence-corrected chi connectivity index (χ4v) is 3.16. The lowest BCUT2D eigenvalue weighted by Crippen LogP contribution is -2.11. The number of rotatable bonds is 4. The van der Waals surface area contributed by atoms with Crippen LogP contribution in [0.3, 0.4) is 0 Å². The van der Waals surface area contributed by atoms with E-state index in [-0.39, 0.29) is 13.2 Å². The number of aryl methyl sites for hydroxylation is 1. The number of carbonyl (C=O) groups is 2. The molecule has 1 aromatic carbocycles. The fraction of sp³-hybridized carbons (Fsp3) is 0.333. The van der Waals surface area contributed by atoms with Crippen LogP contribution in [-0.2, 0) is 9.47 Å². The van der Waals surface area contributed by atoms with E-state index in [1.54, 1.807) is 13.8 Å². The van der Waals surface area contributed by atoms with Gasteiger partial charge >= 0.3 is 11.9 Å². The van der Waals surface area contributed by atoms with Gasteiger partial charge in [0.15, 0.2) is 0 Å². The van der Waals surface area contributed by atoms with Crippen LogP contribution in [-0.4, -0.2) is 25.2 Å². The summed E-state index contributed by atoms with van der Waals surface area (Å²) in [6.45, 7) is 5.96. The van der Waals surface area contributed by atoms with Crippen molar-refractivity contribution in [1.29, 1.82) is 0 Å². The van der Waals surface area contributed by atoms with Gasteiger partial charge in [0.1, 0.15) is 4.88 Å². The molecule has 0 amide bonds. The molecule has 0 N–H and O–H groups in total. The van der Waals surface area contributed by atoms with Gasteiger partial charge in [-0.1, -0.05) is 18.2 Å². The number of thiophene rings is 1. The molecular formula is C15H16O4S. The Morgan fingerprint density at radius 1 is 1.10 bits per heavy atom. The minimum Gasteiger partial charge on any atom is -0.462 e. The lowest BCUT2D eigenvalue weighted by Gasteiger charge is -2.04. The van der Waals surface area contributed by atoms with Gasteiger partial charge in [0.05, 0.1) is 18.8 Å². The Kier molecular flexibility index (Phi) is 4.39. The zero-order chi connectivity index (χ0) is 14.7. The molecule has 0 aliphatic carbocycles. The Morgan fingerprint density at radius 2 is 1.75 bits per heavy atom. The largest absolute Gasteiger partial charge is 0.462 e. The molecule has 4 nitrogen and oxygen atoms in total. The van der Waals surface area contributed by atoms with Crippen LogP contribution in [0, 0.1) is 6.92 Å². The number of ether oxygens (including phenoxy) is 2. The summed E-state index contributed by atoms with van der Waals surface area (Å²) in [5.41, 5.74) is 1.34. The Hall–Kier alpha value is -1.88. The zero-order valence-electron chi connectivity index (χ0n) is 11.7. The van der Waals surface area contributed by atoms with Gasteiger partial charge < -0.3 is 9.47 Å². The molecule has 0 radical (unpaired) electrons. The zero-order valence-corrected chi connectivity index (χ0v) is 12.5. The summed E-state index contributed by atoms with van der Waals surface area (Å²) >= 11 is 1.28. The van der Waals surface area contributed by atoms with Crippen molar-refractivity contribution in [2.24, 2.45) is 0 Å². The van der Waals surface area contributed by atoms with Crippen molar-refractivity contribution in [3.05, 3.63) is 34.2 Å². The second-order valence-electron chi connectivity index (χ2n) is 4.20. The fourth-order valence-electron chi connectivity index (χ4n) is 2.01. The van der Waals surface area contributed by atoms with E-state index >= 15 is 0 Å². The molecule has 20 heavy (non-hydrogen) atoms. The Morgan fingerprint density at radius 3 is 2.40 bits per heavy atom. The molecule has 0 saturated carbocycles. The van der Waals surface area contributed by atoms with Gasteiger partial charge in [-0.3, -0.25) is 0 Å². The Bertz CT molecular complexity index is 657. The molecule has 0 unspecified atom stereocenters. The van der Waals surface area contributed by atoms with Crippen molar-refractivity contribution in [3.63, 3.8) is 0 Å². The third kappa shape index (κ3) is 2.54.